The number of hydrogen-bond donors (Lipinski definition) is 1. The van der Waals surface area contributed by atoms with Gasteiger partial charge in [-0.3, -0.25) is 9.69 Å². The first-order chi connectivity index (χ1) is 15.0. The van der Waals surface area contributed by atoms with Crippen molar-refractivity contribution < 1.29 is 14.3 Å². The fourth-order valence-corrected chi connectivity index (χ4v) is 5.56. The number of urea groups is 1. The number of ether oxygens (including phenoxy) is 1. The lowest BCUT2D eigenvalue weighted by atomic mass is 9.90. The molecule has 0 bridgehead atoms. The number of methoxy groups -OCH3 is 1. The van der Waals surface area contributed by atoms with Crippen molar-refractivity contribution in [2.45, 2.75) is 31.3 Å². The van der Waals surface area contributed by atoms with Gasteiger partial charge in [-0.05, 0) is 65.7 Å². The molecular weight excluding hydrogens is 410 g/mol. The first kappa shape index (κ1) is 20.0. The van der Waals surface area contributed by atoms with E-state index in [9.17, 15) is 9.59 Å². The Kier molecular flexibility index (Phi) is 4.95. The fraction of sp³-hybridized carbons (Fsp3) is 0.333. The van der Waals surface area contributed by atoms with Crippen LogP contribution in [0.15, 0.2) is 53.9 Å². The van der Waals surface area contributed by atoms with E-state index in [-0.39, 0.29) is 18.0 Å². The van der Waals surface area contributed by atoms with Crippen molar-refractivity contribution in [3.8, 4) is 5.75 Å². The molecule has 2 atom stereocenters. The Labute approximate surface area is 185 Å². The second kappa shape index (κ2) is 7.66. The molecular formula is C24H25N3O3S. The number of nitrogens with one attached hydrogen (secondary N) is 1. The minimum Gasteiger partial charge on any atom is -0.497 e. The topological polar surface area (TPSA) is 61.9 Å². The minimum atomic E-state index is -1.08. The van der Waals surface area contributed by atoms with Crippen LogP contribution >= 0.6 is 11.3 Å². The third-order valence-electron chi connectivity index (χ3n) is 6.46. The van der Waals surface area contributed by atoms with Crippen molar-refractivity contribution >= 4 is 34.0 Å². The SMILES string of the molecule is COc1ccc2cc([C@]3(C)NC(=O)N(CN4CCC[C@H]4c4cccs4)C3=O)ccc2c1. The lowest BCUT2D eigenvalue weighted by Gasteiger charge is -2.28. The third-order valence-corrected chi connectivity index (χ3v) is 7.43. The number of benzene rings is 2. The molecule has 2 fully saturated rings. The number of thiophene rings is 1. The van der Waals surface area contributed by atoms with Crippen LogP contribution in [-0.4, -0.2) is 42.1 Å². The van der Waals surface area contributed by atoms with Crippen LogP contribution in [0.1, 0.15) is 36.2 Å². The molecule has 0 saturated carbocycles. The number of amides is 3. The molecule has 3 heterocycles. The summed E-state index contributed by atoms with van der Waals surface area (Å²) in [5.41, 5.74) is -0.300. The molecule has 0 radical (unpaired) electrons. The van der Waals surface area contributed by atoms with E-state index in [4.69, 9.17) is 4.74 Å². The maximum Gasteiger partial charge on any atom is 0.326 e. The Morgan fingerprint density at radius 3 is 2.74 bits per heavy atom. The van der Waals surface area contributed by atoms with E-state index < -0.39 is 5.54 Å². The lowest BCUT2D eigenvalue weighted by molar-refractivity contribution is -0.132. The molecule has 0 aliphatic carbocycles. The Hall–Kier alpha value is -2.90. The van der Waals surface area contributed by atoms with Gasteiger partial charge in [0.25, 0.3) is 5.91 Å². The summed E-state index contributed by atoms with van der Waals surface area (Å²) in [6.07, 6.45) is 2.12. The van der Waals surface area contributed by atoms with Crippen molar-refractivity contribution in [2.75, 3.05) is 20.3 Å². The maximum atomic E-state index is 13.5. The monoisotopic (exact) mass is 435 g/mol. The third kappa shape index (κ3) is 3.38. The number of nitrogens with zero attached hydrogens (tertiary/aromatic N) is 2. The number of rotatable bonds is 5. The van der Waals surface area contributed by atoms with Crippen LogP contribution in [0.2, 0.25) is 0 Å². The lowest BCUT2D eigenvalue weighted by Crippen LogP contribution is -2.43. The molecule has 1 N–H and O–H groups in total. The van der Waals surface area contributed by atoms with E-state index in [2.05, 4.69) is 27.7 Å². The highest BCUT2D eigenvalue weighted by Gasteiger charge is 2.50. The van der Waals surface area contributed by atoms with Crippen LogP contribution in [0.5, 0.6) is 5.75 Å². The van der Waals surface area contributed by atoms with E-state index in [0.29, 0.717) is 6.67 Å². The average Bonchev–Trinajstić information content (AvgIpc) is 3.51. The molecule has 3 aromatic rings. The molecule has 7 heteroatoms. The molecule has 2 aliphatic heterocycles. The van der Waals surface area contributed by atoms with Gasteiger partial charge in [-0.2, -0.15) is 0 Å². The van der Waals surface area contributed by atoms with Gasteiger partial charge in [0.1, 0.15) is 11.3 Å². The summed E-state index contributed by atoms with van der Waals surface area (Å²) in [6, 6.07) is 15.8. The van der Waals surface area contributed by atoms with E-state index in [1.54, 1.807) is 25.4 Å². The Morgan fingerprint density at radius 1 is 1.16 bits per heavy atom. The standard InChI is InChI=1S/C24H25N3O3S/c1-24(18-9-7-17-14-19(30-2)10-8-16(17)13-18)22(28)27(23(29)25-24)15-26-11-3-5-20(26)21-6-4-12-31-21/h4,6-10,12-14,20H,3,5,11,15H2,1-2H3,(H,25,29)/t20-,24-/m0/s1. The van der Waals surface area contributed by atoms with Crippen LogP contribution in [-0.2, 0) is 10.3 Å². The Bertz CT molecular complexity index is 1150. The van der Waals surface area contributed by atoms with Gasteiger partial charge in [0.05, 0.1) is 13.8 Å². The van der Waals surface area contributed by atoms with Crippen LogP contribution in [0.4, 0.5) is 4.79 Å². The summed E-state index contributed by atoms with van der Waals surface area (Å²) < 4.78 is 5.29. The van der Waals surface area contributed by atoms with E-state index in [1.165, 1.54) is 9.78 Å². The largest absolute Gasteiger partial charge is 0.497 e. The van der Waals surface area contributed by atoms with Crippen LogP contribution in [0.25, 0.3) is 10.8 Å². The van der Waals surface area contributed by atoms with Gasteiger partial charge in [-0.25, -0.2) is 9.69 Å². The van der Waals surface area contributed by atoms with Gasteiger partial charge in [0.15, 0.2) is 0 Å². The molecule has 31 heavy (non-hydrogen) atoms. The zero-order chi connectivity index (χ0) is 21.6. The maximum absolute atomic E-state index is 13.5. The van der Waals surface area contributed by atoms with Crippen molar-refractivity contribution in [2.24, 2.45) is 0 Å². The molecule has 2 saturated heterocycles. The number of carbonyl (C=O) groups excluding carboxylic acids is 2. The number of fused-ring (bicyclic) bond motifs is 1. The van der Waals surface area contributed by atoms with Crippen LogP contribution < -0.4 is 10.1 Å². The highest BCUT2D eigenvalue weighted by atomic mass is 32.1. The minimum absolute atomic E-state index is 0.206. The van der Waals surface area contributed by atoms with Gasteiger partial charge in [-0.1, -0.05) is 24.3 Å². The molecule has 6 nitrogen and oxygen atoms in total. The zero-order valence-electron chi connectivity index (χ0n) is 17.6. The van der Waals surface area contributed by atoms with Gasteiger partial charge in [0, 0.05) is 17.5 Å². The number of hydrogen-bond acceptors (Lipinski definition) is 5. The number of carbonyl (C=O) groups is 2. The molecule has 3 amide bonds. The highest BCUT2D eigenvalue weighted by molar-refractivity contribution is 7.10. The van der Waals surface area contributed by atoms with Crippen molar-refractivity contribution in [3.05, 3.63) is 64.4 Å². The predicted molar refractivity (Wildman–Crippen MR) is 121 cm³/mol. The second-order valence-corrected chi connectivity index (χ2v) is 9.32. The van der Waals surface area contributed by atoms with Gasteiger partial charge >= 0.3 is 6.03 Å². The molecule has 160 valence electrons. The molecule has 2 aromatic carbocycles. The molecule has 0 unspecified atom stereocenters. The van der Waals surface area contributed by atoms with Crippen molar-refractivity contribution in [3.63, 3.8) is 0 Å². The summed E-state index contributed by atoms with van der Waals surface area (Å²) in [6.45, 7) is 2.99. The van der Waals surface area contributed by atoms with Gasteiger partial charge in [-0.15, -0.1) is 11.3 Å². The summed E-state index contributed by atoms with van der Waals surface area (Å²) >= 11 is 1.73. The smallest absolute Gasteiger partial charge is 0.326 e. The molecule has 2 aliphatic rings. The molecule has 0 spiro atoms. The van der Waals surface area contributed by atoms with Gasteiger partial charge < -0.3 is 10.1 Å². The normalized spacial score (nSPS) is 24.2. The molecule has 1 aromatic heterocycles. The first-order valence-electron chi connectivity index (χ1n) is 10.5. The molecule has 5 rings (SSSR count). The zero-order valence-corrected chi connectivity index (χ0v) is 18.4. The van der Waals surface area contributed by atoms with Crippen LogP contribution in [0.3, 0.4) is 0 Å². The predicted octanol–water partition coefficient (Wildman–Crippen LogP) is 4.47. The summed E-state index contributed by atoms with van der Waals surface area (Å²) in [4.78, 5) is 31.2. The van der Waals surface area contributed by atoms with E-state index in [0.717, 1.165) is 41.5 Å². The van der Waals surface area contributed by atoms with Crippen molar-refractivity contribution in [1.29, 1.82) is 0 Å². The van der Waals surface area contributed by atoms with Crippen molar-refractivity contribution in [1.82, 2.24) is 15.1 Å². The second-order valence-electron chi connectivity index (χ2n) is 8.34. The first-order valence-corrected chi connectivity index (χ1v) is 11.4. The Morgan fingerprint density at radius 2 is 1.97 bits per heavy atom. The quantitative estimate of drug-likeness (QED) is 0.601. The number of likely N-dealkylation sites (tertiary alicyclic amines) is 1. The Balaban J connectivity index is 1.40. The van der Waals surface area contributed by atoms with E-state index in [1.807, 2.05) is 36.4 Å². The summed E-state index contributed by atoms with van der Waals surface area (Å²) in [7, 11) is 1.64. The summed E-state index contributed by atoms with van der Waals surface area (Å²) in [5.74, 6) is 0.580. The number of imide groups is 1. The fourth-order valence-electron chi connectivity index (χ4n) is 4.66. The van der Waals surface area contributed by atoms with E-state index >= 15 is 0 Å². The average molecular weight is 436 g/mol. The van der Waals surface area contributed by atoms with Crippen LogP contribution in [0, 0.1) is 0 Å². The summed E-state index contributed by atoms with van der Waals surface area (Å²) in [5, 5.41) is 7.04. The highest BCUT2D eigenvalue weighted by Crippen LogP contribution is 2.37. The van der Waals surface area contributed by atoms with Gasteiger partial charge in [0.2, 0.25) is 0 Å².